The van der Waals surface area contributed by atoms with Crippen LogP contribution < -0.4 is 5.32 Å². The SMILES string of the molecule is Cc1cc(C)nc(NC(=O)[C@@H](C)N2C(=O)c3ccccc3C2=O)n1. The molecule has 3 amide bonds. The number of anilines is 1. The van der Waals surface area contributed by atoms with Crippen molar-refractivity contribution in [1.29, 1.82) is 0 Å². The minimum Gasteiger partial charge on any atom is -0.293 e. The fourth-order valence-corrected chi connectivity index (χ4v) is 2.67. The predicted molar refractivity (Wildman–Crippen MR) is 86.5 cm³/mol. The second-order valence-electron chi connectivity index (χ2n) is 5.67. The Hall–Kier alpha value is -3.09. The lowest BCUT2D eigenvalue weighted by atomic mass is 10.1. The predicted octanol–water partition coefficient (Wildman–Crippen LogP) is 1.72. The minimum absolute atomic E-state index is 0.154. The average Bonchev–Trinajstić information content (AvgIpc) is 2.77. The first-order chi connectivity index (χ1) is 11.4. The van der Waals surface area contributed by atoms with E-state index in [-0.39, 0.29) is 5.95 Å². The van der Waals surface area contributed by atoms with Crippen molar-refractivity contribution in [3.05, 3.63) is 52.8 Å². The van der Waals surface area contributed by atoms with E-state index in [1.807, 2.05) is 0 Å². The molecule has 1 aromatic heterocycles. The Morgan fingerprint density at radius 2 is 1.54 bits per heavy atom. The van der Waals surface area contributed by atoms with Crippen molar-refractivity contribution in [2.24, 2.45) is 0 Å². The van der Waals surface area contributed by atoms with E-state index in [0.29, 0.717) is 22.5 Å². The molecule has 2 heterocycles. The number of rotatable bonds is 3. The Morgan fingerprint density at radius 3 is 2.04 bits per heavy atom. The summed E-state index contributed by atoms with van der Waals surface area (Å²) in [5.41, 5.74) is 2.05. The second kappa shape index (κ2) is 5.84. The molecule has 3 rings (SSSR count). The molecule has 1 aliphatic heterocycles. The van der Waals surface area contributed by atoms with Crippen LogP contribution in [0.1, 0.15) is 39.0 Å². The number of nitrogens with zero attached hydrogens (tertiary/aromatic N) is 3. The highest BCUT2D eigenvalue weighted by molar-refractivity contribution is 6.23. The Labute approximate surface area is 138 Å². The number of fused-ring (bicyclic) bond motifs is 1. The molecule has 0 saturated heterocycles. The molecule has 0 spiro atoms. The number of amides is 3. The van der Waals surface area contributed by atoms with Crippen LogP contribution >= 0.6 is 0 Å². The summed E-state index contributed by atoms with van der Waals surface area (Å²) in [6.07, 6.45) is 0. The van der Waals surface area contributed by atoms with E-state index in [1.54, 1.807) is 44.2 Å². The summed E-state index contributed by atoms with van der Waals surface area (Å²) in [5.74, 6) is -1.31. The van der Waals surface area contributed by atoms with Crippen LogP contribution in [0.25, 0.3) is 0 Å². The maximum atomic E-state index is 12.4. The van der Waals surface area contributed by atoms with Crippen LogP contribution in [-0.4, -0.2) is 38.6 Å². The van der Waals surface area contributed by atoms with Gasteiger partial charge in [0.1, 0.15) is 6.04 Å². The molecule has 1 aromatic carbocycles. The molecule has 0 fully saturated rings. The maximum absolute atomic E-state index is 12.4. The van der Waals surface area contributed by atoms with Gasteiger partial charge in [-0.15, -0.1) is 0 Å². The highest BCUT2D eigenvalue weighted by atomic mass is 16.2. The van der Waals surface area contributed by atoms with Gasteiger partial charge in [0, 0.05) is 11.4 Å². The van der Waals surface area contributed by atoms with Crippen molar-refractivity contribution >= 4 is 23.7 Å². The smallest absolute Gasteiger partial charge is 0.262 e. The average molecular weight is 324 g/mol. The molecule has 2 aromatic rings. The van der Waals surface area contributed by atoms with E-state index >= 15 is 0 Å². The van der Waals surface area contributed by atoms with E-state index in [4.69, 9.17) is 0 Å². The van der Waals surface area contributed by atoms with Crippen molar-refractivity contribution < 1.29 is 14.4 Å². The highest BCUT2D eigenvalue weighted by Gasteiger charge is 2.40. The molecule has 0 aliphatic carbocycles. The van der Waals surface area contributed by atoms with E-state index in [1.165, 1.54) is 6.92 Å². The fraction of sp³-hybridized carbons (Fsp3) is 0.235. The standard InChI is InChI=1S/C17H16N4O3/c1-9-8-10(2)19-17(18-9)20-14(22)11(3)21-15(23)12-6-4-5-7-13(12)16(21)24/h4-8,11H,1-3H3,(H,18,19,20,22)/t11-/m1/s1. The first-order valence-electron chi connectivity index (χ1n) is 7.48. The van der Waals surface area contributed by atoms with Crippen LogP contribution in [0.15, 0.2) is 30.3 Å². The second-order valence-corrected chi connectivity index (χ2v) is 5.67. The molecule has 1 N–H and O–H groups in total. The zero-order valence-corrected chi connectivity index (χ0v) is 13.5. The summed E-state index contributed by atoms with van der Waals surface area (Å²) in [5, 5.41) is 2.56. The van der Waals surface area contributed by atoms with Gasteiger partial charge in [0.05, 0.1) is 11.1 Å². The Morgan fingerprint density at radius 1 is 1.04 bits per heavy atom. The summed E-state index contributed by atoms with van der Waals surface area (Å²) in [7, 11) is 0. The summed E-state index contributed by atoms with van der Waals surface area (Å²) < 4.78 is 0. The van der Waals surface area contributed by atoms with Gasteiger partial charge in [-0.2, -0.15) is 0 Å². The third-order valence-corrected chi connectivity index (χ3v) is 3.81. The molecule has 1 aliphatic rings. The van der Waals surface area contributed by atoms with Crippen LogP contribution in [0.2, 0.25) is 0 Å². The van der Waals surface area contributed by atoms with E-state index < -0.39 is 23.8 Å². The molecule has 7 nitrogen and oxygen atoms in total. The van der Waals surface area contributed by atoms with Gasteiger partial charge in [0.25, 0.3) is 11.8 Å². The van der Waals surface area contributed by atoms with Crippen molar-refractivity contribution in [3.8, 4) is 0 Å². The third kappa shape index (κ3) is 2.64. The molecular formula is C17H16N4O3. The van der Waals surface area contributed by atoms with Crippen LogP contribution in [0, 0.1) is 13.8 Å². The van der Waals surface area contributed by atoms with Gasteiger partial charge < -0.3 is 0 Å². The fourth-order valence-electron chi connectivity index (χ4n) is 2.67. The first kappa shape index (κ1) is 15.8. The topological polar surface area (TPSA) is 92.3 Å². The maximum Gasteiger partial charge on any atom is 0.262 e. The van der Waals surface area contributed by atoms with Crippen molar-refractivity contribution in [2.45, 2.75) is 26.8 Å². The zero-order valence-electron chi connectivity index (χ0n) is 13.5. The molecule has 122 valence electrons. The molecular weight excluding hydrogens is 308 g/mol. The third-order valence-electron chi connectivity index (χ3n) is 3.81. The van der Waals surface area contributed by atoms with E-state index in [9.17, 15) is 14.4 Å². The number of imide groups is 1. The normalized spacial score (nSPS) is 14.5. The van der Waals surface area contributed by atoms with Crippen LogP contribution in [0.3, 0.4) is 0 Å². The van der Waals surface area contributed by atoms with Crippen molar-refractivity contribution in [3.63, 3.8) is 0 Å². The molecule has 0 bridgehead atoms. The van der Waals surface area contributed by atoms with Gasteiger partial charge in [-0.05, 0) is 39.0 Å². The van der Waals surface area contributed by atoms with E-state index in [2.05, 4.69) is 15.3 Å². The number of hydrogen-bond donors (Lipinski definition) is 1. The minimum atomic E-state index is -0.971. The Balaban J connectivity index is 1.82. The molecule has 24 heavy (non-hydrogen) atoms. The van der Waals surface area contributed by atoms with E-state index in [0.717, 1.165) is 4.90 Å². The number of hydrogen-bond acceptors (Lipinski definition) is 5. The van der Waals surface area contributed by atoms with Crippen molar-refractivity contribution in [2.75, 3.05) is 5.32 Å². The Bertz CT molecular complexity index is 807. The zero-order chi connectivity index (χ0) is 17.4. The Kier molecular flexibility index (Phi) is 3.84. The summed E-state index contributed by atoms with van der Waals surface area (Å²) >= 11 is 0. The van der Waals surface area contributed by atoms with Crippen LogP contribution in [-0.2, 0) is 4.79 Å². The molecule has 0 radical (unpaired) electrons. The number of aromatic nitrogens is 2. The molecule has 0 saturated carbocycles. The summed E-state index contributed by atoms with van der Waals surface area (Å²) in [6, 6.07) is 7.33. The van der Waals surface area contributed by atoms with Gasteiger partial charge in [-0.1, -0.05) is 12.1 Å². The van der Waals surface area contributed by atoms with Crippen LogP contribution in [0.4, 0.5) is 5.95 Å². The molecule has 7 heteroatoms. The number of aryl methyl sites for hydroxylation is 2. The molecule has 1 atom stereocenters. The quantitative estimate of drug-likeness (QED) is 0.868. The lowest BCUT2D eigenvalue weighted by molar-refractivity contribution is -0.119. The van der Waals surface area contributed by atoms with Crippen molar-refractivity contribution in [1.82, 2.24) is 14.9 Å². The van der Waals surface area contributed by atoms with Gasteiger partial charge >= 0.3 is 0 Å². The summed E-state index contributed by atoms with van der Waals surface area (Å²) in [4.78, 5) is 46.5. The van der Waals surface area contributed by atoms with Gasteiger partial charge in [-0.25, -0.2) is 9.97 Å². The monoisotopic (exact) mass is 324 g/mol. The highest BCUT2D eigenvalue weighted by Crippen LogP contribution is 2.24. The lowest BCUT2D eigenvalue weighted by Gasteiger charge is -2.21. The number of nitrogens with one attached hydrogen (secondary N) is 1. The molecule has 0 unspecified atom stereocenters. The van der Waals surface area contributed by atoms with Gasteiger partial charge in [0.2, 0.25) is 11.9 Å². The van der Waals surface area contributed by atoms with Gasteiger partial charge in [-0.3, -0.25) is 24.6 Å². The number of carbonyl (C=O) groups is 3. The lowest BCUT2D eigenvalue weighted by Crippen LogP contribution is -2.45. The largest absolute Gasteiger partial charge is 0.293 e. The number of benzene rings is 1. The summed E-state index contributed by atoms with van der Waals surface area (Å²) in [6.45, 7) is 5.08. The van der Waals surface area contributed by atoms with Gasteiger partial charge in [0.15, 0.2) is 0 Å². The first-order valence-corrected chi connectivity index (χ1v) is 7.48. The van der Waals surface area contributed by atoms with Crippen LogP contribution in [0.5, 0.6) is 0 Å². The number of carbonyl (C=O) groups excluding carboxylic acids is 3.